The number of halogens is 3. The van der Waals surface area contributed by atoms with Gasteiger partial charge in [-0.05, 0) is 29.8 Å². The molecule has 0 aliphatic carbocycles. The van der Waals surface area contributed by atoms with E-state index >= 15 is 0 Å². The molecule has 0 aliphatic heterocycles. The fraction of sp³-hybridized carbons (Fsp3) is 0. The summed E-state index contributed by atoms with van der Waals surface area (Å²) < 4.78 is 25.7. The van der Waals surface area contributed by atoms with E-state index in [2.05, 4.69) is 6.07 Å². The second-order valence-corrected chi connectivity index (χ2v) is 3.46. The molecule has 2 aromatic rings. The van der Waals surface area contributed by atoms with Crippen molar-refractivity contribution in [2.24, 2.45) is 0 Å². The number of rotatable bonds is 1. The molecule has 3 heteroatoms. The van der Waals surface area contributed by atoms with Crippen LogP contribution in [0.3, 0.4) is 0 Å². The molecule has 15 heavy (non-hydrogen) atoms. The standard InChI is InChI=1S/C12H6ClF2/c13-12-7-10(15)4-5-11(12)8-2-1-3-9(14)6-8/h1-2,4-7H. The summed E-state index contributed by atoms with van der Waals surface area (Å²) in [6, 6.07) is 10.8. The van der Waals surface area contributed by atoms with Crippen molar-refractivity contribution in [3.05, 3.63) is 59.1 Å². The molecule has 1 radical (unpaired) electrons. The first-order valence-corrected chi connectivity index (χ1v) is 4.67. The van der Waals surface area contributed by atoms with Gasteiger partial charge in [0.25, 0.3) is 0 Å². The van der Waals surface area contributed by atoms with Gasteiger partial charge >= 0.3 is 0 Å². The first-order chi connectivity index (χ1) is 7.16. The van der Waals surface area contributed by atoms with Crippen molar-refractivity contribution in [1.82, 2.24) is 0 Å². The summed E-state index contributed by atoms with van der Waals surface area (Å²) in [5.74, 6) is -0.875. The molecule has 75 valence electrons. The number of benzene rings is 2. The average molecular weight is 224 g/mol. The van der Waals surface area contributed by atoms with Crippen molar-refractivity contribution in [2.45, 2.75) is 0 Å². The van der Waals surface area contributed by atoms with E-state index in [4.69, 9.17) is 11.6 Å². The maximum atomic E-state index is 12.9. The van der Waals surface area contributed by atoms with Crippen LogP contribution in [0.5, 0.6) is 0 Å². The summed E-state index contributed by atoms with van der Waals surface area (Å²) in [7, 11) is 0. The third-order valence-electron chi connectivity index (χ3n) is 2.01. The average Bonchev–Trinajstić information content (AvgIpc) is 2.17. The first-order valence-electron chi connectivity index (χ1n) is 4.29. The van der Waals surface area contributed by atoms with Gasteiger partial charge in [-0.3, -0.25) is 0 Å². The molecular formula is C12H6ClF2. The SMILES string of the molecule is Fc1[c]ccc(-c2ccc(F)cc2Cl)c1. The monoisotopic (exact) mass is 223 g/mol. The molecule has 0 saturated heterocycles. The lowest BCUT2D eigenvalue weighted by molar-refractivity contribution is 0.626. The van der Waals surface area contributed by atoms with Crippen molar-refractivity contribution in [2.75, 3.05) is 0 Å². The molecule has 0 nitrogen and oxygen atoms in total. The van der Waals surface area contributed by atoms with Crippen LogP contribution in [0, 0.1) is 17.7 Å². The third-order valence-corrected chi connectivity index (χ3v) is 2.32. The van der Waals surface area contributed by atoms with Crippen LogP contribution in [0.4, 0.5) is 8.78 Å². The molecule has 0 atom stereocenters. The molecule has 0 heterocycles. The maximum absolute atomic E-state index is 12.9. The molecule has 0 unspecified atom stereocenters. The van der Waals surface area contributed by atoms with Crippen LogP contribution < -0.4 is 0 Å². The summed E-state index contributed by atoms with van der Waals surface area (Å²) in [5.41, 5.74) is 1.21. The highest BCUT2D eigenvalue weighted by molar-refractivity contribution is 6.33. The van der Waals surface area contributed by atoms with Crippen LogP contribution >= 0.6 is 11.6 Å². The largest absolute Gasteiger partial charge is 0.207 e. The van der Waals surface area contributed by atoms with E-state index in [1.165, 1.54) is 30.3 Å². The van der Waals surface area contributed by atoms with E-state index in [9.17, 15) is 8.78 Å². The van der Waals surface area contributed by atoms with Gasteiger partial charge in [-0.2, -0.15) is 0 Å². The van der Waals surface area contributed by atoms with Crippen molar-refractivity contribution in [3.8, 4) is 11.1 Å². The minimum atomic E-state index is -0.465. The summed E-state index contributed by atoms with van der Waals surface area (Å²) in [6.45, 7) is 0. The number of hydrogen-bond donors (Lipinski definition) is 0. The normalized spacial score (nSPS) is 10.3. The van der Waals surface area contributed by atoms with Gasteiger partial charge in [0, 0.05) is 11.6 Å². The lowest BCUT2D eigenvalue weighted by Gasteiger charge is -2.04. The van der Waals surface area contributed by atoms with E-state index < -0.39 is 11.6 Å². The fourth-order valence-electron chi connectivity index (χ4n) is 1.33. The van der Waals surface area contributed by atoms with Crippen molar-refractivity contribution in [1.29, 1.82) is 0 Å². The Labute approximate surface area is 91.1 Å². The molecule has 2 aromatic carbocycles. The smallest absolute Gasteiger partial charge is 0.131 e. The zero-order valence-electron chi connectivity index (χ0n) is 7.60. The molecular weight excluding hydrogens is 218 g/mol. The highest BCUT2D eigenvalue weighted by Crippen LogP contribution is 2.28. The Morgan fingerprint density at radius 1 is 1.07 bits per heavy atom. The molecule has 0 aliphatic rings. The molecule has 2 rings (SSSR count). The van der Waals surface area contributed by atoms with Crippen LogP contribution in [-0.4, -0.2) is 0 Å². The van der Waals surface area contributed by atoms with Gasteiger partial charge in [-0.15, -0.1) is 0 Å². The van der Waals surface area contributed by atoms with Gasteiger partial charge in [-0.25, -0.2) is 8.78 Å². The summed E-state index contributed by atoms with van der Waals surface area (Å²) >= 11 is 5.84. The Kier molecular flexibility index (Phi) is 2.69. The predicted octanol–water partition coefficient (Wildman–Crippen LogP) is 4.09. The minimum absolute atomic E-state index is 0.264. The van der Waals surface area contributed by atoms with Crippen LogP contribution in [0.2, 0.25) is 5.02 Å². The molecule has 0 fully saturated rings. The quantitative estimate of drug-likeness (QED) is 0.683. The van der Waals surface area contributed by atoms with E-state index in [1.807, 2.05) is 0 Å². The molecule has 0 aromatic heterocycles. The van der Waals surface area contributed by atoms with Crippen LogP contribution in [0.15, 0.2) is 36.4 Å². The summed E-state index contributed by atoms with van der Waals surface area (Å²) in [5, 5.41) is 0.264. The van der Waals surface area contributed by atoms with Crippen molar-refractivity contribution >= 4 is 11.6 Å². The second kappa shape index (κ2) is 3.99. The number of hydrogen-bond acceptors (Lipinski definition) is 0. The maximum Gasteiger partial charge on any atom is 0.131 e. The van der Waals surface area contributed by atoms with E-state index in [0.717, 1.165) is 0 Å². The van der Waals surface area contributed by atoms with E-state index in [-0.39, 0.29) is 5.02 Å². The van der Waals surface area contributed by atoms with Gasteiger partial charge in [0.05, 0.1) is 5.02 Å². The topological polar surface area (TPSA) is 0 Å². The van der Waals surface area contributed by atoms with E-state index in [0.29, 0.717) is 11.1 Å². The van der Waals surface area contributed by atoms with Gasteiger partial charge in [0.15, 0.2) is 0 Å². The van der Waals surface area contributed by atoms with Gasteiger partial charge < -0.3 is 0 Å². The lowest BCUT2D eigenvalue weighted by Crippen LogP contribution is -1.83. The van der Waals surface area contributed by atoms with Gasteiger partial charge in [-0.1, -0.05) is 23.7 Å². The third kappa shape index (κ3) is 2.16. The summed E-state index contributed by atoms with van der Waals surface area (Å²) in [4.78, 5) is 0. The Morgan fingerprint density at radius 3 is 2.53 bits per heavy atom. The Morgan fingerprint density at radius 2 is 1.87 bits per heavy atom. The first kappa shape index (κ1) is 10.1. The van der Waals surface area contributed by atoms with Crippen molar-refractivity contribution < 1.29 is 8.78 Å². The second-order valence-electron chi connectivity index (χ2n) is 3.05. The molecule has 0 amide bonds. The lowest BCUT2D eigenvalue weighted by atomic mass is 10.1. The fourth-order valence-corrected chi connectivity index (χ4v) is 1.60. The van der Waals surface area contributed by atoms with Crippen LogP contribution in [0.1, 0.15) is 0 Å². The predicted molar refractivity (Wildman–Crippen MR) is 55.6 cm³/mol. The zero-order valence-corrected chi connectivity index (χ0v) is 8.35. The van der Waals surface area contributed by atoms with Gasteiger partial charge in [0.1, 0.15) is 11.6 Å². The molecule has 0 bridgehead atoms. The highest BCUT2D eigenvalue weighted by atomic mass is 35.5. The molecule has 0 spiro atoms. The summed E-state index contributed by atoms with van der Waals surface area (Å²) in [6.07, 6.45) is 0. The van der Waals surface area contributed by atoms with Crippen LogP contribution in [-0.2, 0) is 0 Å². The molecule has 0 N–H and O–H groups in total. The molecule has 0 saturated carbocycles. The Balaban J connectivity index is 2.54. The van der Waals surface area contributed by atoms with Crippen LogP contribution in [0.25, 0.3) is 11.1 Å². The van der Waals surface area contributed by atoms with E-state index in [1.54, 1.807) is 6.07 Å². The Hall–Kier alpha value is -1.41. The zero-order chi connectivity index (χ0) is 10.8. The van der Waals surface area contributed by atoms with Gasteiger partial charge in [0.2, 0.25) is 0 Å². The Bertz CT molecular complexity index is 495. The highest BCUT2D eigenvalue weighted by Gasteiger charge is 2.05. The minimum Gasteiger partial charge on any atom is -0.207 e. The van der Waals surface area contributed by atoms with Crippen molar-refractivity contribution in [3.63, 3.8) is 0 Å².